The highest BCUT2D eigenvalue weighted by atomic mass is 19.4. The number of imidazole rings is 2. The number of amides is 3. The fourth-order valence-electron chi connectivity index (χ4n) is 14.5. The van der Waals surface area contributed by atoms with E-state index in [1.807, 2.05) is 70.1 Å². The first-order valence-corrected chi connectivity index (χ1v) is 39.3. The predicted octanol–water partition coefficient (Wildman–Crippen LogP) is 16.9. The Morgan fingerprint density at radius 3 is 1.60 bits per heavy atom. The van der Waals surface area contributed by atoms with Crippen molar-refractivity contribution >= 4 is 84.9 Å². The molecular formula is C93H87F9N18O3. The molecule has 0 radical (unpaired) electrons. The Kier molecular flexibility index (Phi) is 26.5. The van der Waals surface area contributed by atoms with Gasteiger partial charge in [0.15, 0.2) is 5.82 Å². The molecule has 1 atom stereocenters. The fraction of sp³-hybridized carbons (Fsp3) is 0.247. The summed E-state index contributed by atoms with van der Waals surface area (Å²) in [7, 11) is 5.77. The number of aryl methyl sites for hydroxylation is 4. The summed E-state index contributed by atoms with van der Waals surface area (Å²) in [6, 6.07) is 35.8. The van der Waals surface area contributed by atoms with Crippen LogP contribution in [0, 0.1) is 69.1 Å². The number of anilines is 6. The van der Waals surface area contributed by atoms with E-state index in [9.17, 15) is 53.9 Å². The van der Waals surface area contributed by atoms with Crippen molar-refractivity contribution in [2.24, 2.45) is 5.92 Å². The lowest BCUT2D eigenvalue weighted by Gasteiger charge is -2.34. The van der Waals surface area contributed by atoms with E-state index < -0.39 is 52.9 Å². The molecule has 0 bridgehead atoms. The molecule has 13 aromatic rings. The summed E-state index contributed by atoms with van der Waals surface area (Å²) in [4.78, 5) is 75.0. The van der Waals surface area contributed by atoms with Crippen LogP contribution in [0.25, 0.3) is 38.4 Å². The quantitative estimate of drug-likeness (QED) is 0.0350. The van der Waals surface area contributed by atoms with Crippen molar-refractivity contribution < 1.29 is 53.9 Å². The lowest BCUT2D eigenvalue weighted by Crippen LogP contribution is -2.45. The smallest absolute Gasteiger partial charge is 0.383 e. The van der Waals surface area contributed by atoms with E-state index in [0.29, 0.717) is 92.3 Å². The Labute approximate surface area is 703 Å². The van der Waals surface area contributed by atoms with Gasteiger partial charge in [-0.15, -0.1) is 0 Å². The normalized spacial score (nSPS) is 13.8. The Morgan fingerprint density at radius 1 is 0.512 bits per heavy atom. The van der Waals surface area contributed by atoms with E-state index in [1.165, 1.54) is 41.2 Å². The molecule has 6 aromatic heterocycles. The van der Waals surface area contributed by atoms with E-state index in [2.05, 4.69) is 113 Å². The maximum absolute atomic E-state index is 14.1. The number of nitrogens with one attached hydrogen (secondary N) is 6. The molecule has 2 saturated heterocycles. The second-order valence-corrected chi connectivity index (χ2v) is 30.3. The molecule has 2 aliphatic rings. The third kappa shape index (κ3) is 21.5. The Balaban J connectivity index is 0.000000159. The predicted molar refractivity (Wildman–Crippen MR) is 461 cm³/mol. The summed E-state index contributed by atoms with van der Waals surface area (Å²) in [6.07, 6.45) is -1.62. The topological polar surface area (TPSA) is 265 Å². The zero-order chi connectivity index (χ0) is 87.6. The summed E-state index contributed by atoms with van der Waals surface area (Å²) in [5, 5.41) is 13.5. The molecular weight excluding hydrogens is 1590 g/mol. The van der Waals surface area contributed by atoms with Gasteiger partial charge in [0.2, 0.25) is 0 Å². The third-order valence-electron chi connectivity index (χ3n) is 21.2. The number of nitrogen functional groups attached to an aromatic ring is 2. The molecule has 30 heteroatoms. The molecule has 0 spiro atoms. The van der Waals surface area contributed by atoms with Crippen LogP contribution in [0.5, 0.6) is 0 Å². The fourth-order valence-corrected chi connectivity index (χ4v) is 14.5. The monoisotopic (exact) mass is 1670 g/mol. The van der Waals surface area contributed by atoms with Gasteiger partial charge in [-0.25, -0.2) is 24.9 Å². The number of H-pyrrole nitrogens is 2. The Hall–Kier alpha value is -13.8. The number of carbonyl (C=O) groups is 3. The number of alkyl halides is 9. The SMILES string of the molecule is CCN1CCN(Cc2ccc(NC(=O)c3ccc(C)c(C#Cc4cnc(NC)c5[nH]cnc45)c3)cc2C(F)(F)F)CC1.Cc1ccc(C(=O)Nc2ccc(CN3CC[C@@H](CN(C)C)C3)c(C(F)(F)F)c2)cc1C#Cc1cnc(N)c2[nH]ccc12.Cc1cn(-c2cc(C(=O)Nc3ccc(C)c(C#Cc4cnc(N)c5ccccc45)c3)cc(C(F)(F)F)c2)cn1. The van der Waals surface area contributed by atoms with Gasteiger partial charge < -0.3 is 57.1 Å². The van der Waals surface area contributed by atoms with Crippen molar-refractivity contribution in [2.75, 3.05) is 106 Å². The third-order valence-corrected chi connectivity index (χ3v) is 21.2. The van der Waals surface area contributed by atoms with E-state index >= 15 is 0 Å². The molecule has 15 rings (SSSR count). The van der Waals surface area contributed by atoms with Crippen molar-refractivity contribution in [3.8, 4) is 41.2 Å². The van der Waals surface area contributed by atoms with Gasteiger partial charge in [-0.2, -0.15) is 39.5 Å². The number of rotatable bonds is 15. The second-order valence-electron chi connectivity index (χ2n) is 30.3. The zero-order valence-electron chi connectivity index (χ0n) is 68.4. The Morgan fingerprint density at radius 2 is 1.03 bits per heavy atom. The van der Waals surface area contributed by atoms with Gasteiger partial charge in [-0.3, -0.25) is 24.2 Å². The summed E-state index contributed by atoms with van der Waals surface area (Å²) in [5.74, 6) is 18.7. The van der Waals surface area contributed by atoms with Crippen molar-refractivity contribution in [2.45, 2.75) is 72.7 Å². The lowest BCUT2D eigenvalue weighted by atomic mass is 10.0. The number of halogens is 9. The number of benzene rings is 7. The minimum absolute atomic E-state index is 0.0803. The average Bonchev–Trinajstić information content (AvgIpc) is 1.58. The van der Waals surface area contributed by atoms with Crippen LogP contribution in [0.1, 0.15) is 128 Å². The molecule has 2 fully saturated rings. The van der Waals surface area contributed by atoms with Crippen LogP contribution in [-0.2, 0) is 31.6 Å². The van der Waals surface area contributed by atoms with Crippen molar-refractivity contribution in [1.82, 2.24) is 59.1 Å². The number of likely N-dealkylation sites (N-methyl/N-ethyl adjacent to an activating group) is 1. The van der Waals surface area contributed by atoms with Crippen LogP contribution in [-0.4, -0.2) is 150 Å². The number of pyridine rings is 3. The number of hydrogen-bond acceptors (Lipinski definition) is 15. The number of hydrogen-bond donors (Lipinski definition) is 8. The van der Waals surface area contributed by atoms with E-state index in [4.69, 9.17) is 11.5 Å². The lowest BCUT2D eigenvalue weighted by molar-refractivity contribution is -0.139. The highest BCUT2D eigenvalue weighted by molar-refractivity contribution is 6.07. The van der Waals surface area contributed by atoms with Crippen LogP contribution in [0.15, 0.2) is 183 Å². The Bertz CT molecular complexity index is 6340. The zero-order valence-corrected chi connectivity index (χ0v) is 68.4. The molecule has 0 saturated carbocycles. The number of nitrogens with zero attached hydrogens (tertiary/aromatic N) is 10. The highest BCUT2D eigenvalue weighted by Gasteiger charge is 2.37. The number of nitrogens with two attached hydrogens (primary N) is 2. The molecule has 8 heterocycles. The molecule has 10 N–H and O–H groups in total. The molecule has 0 aliphatic carbocycles. The van der Waals surface area contributed by atoms with E-state index in [-0.39, 0.29) is 58.0 Å². The van der Waals surface area contributed by atoms with Crippen LogP contribution < -0.4 is 32.7 Å². The van der Waals surface area contributed by atoms with Crippen LogP contribution in [0.4, 0.5) is 74.0 Å². The number of piperazine rings is 1. The minimum atomic E-state index is -4.63. The minimum Gasteiger partial charge on any atom is -0.383 e. The van der Waals surface area contributed by atoms with Gasteiger partial charge in [0.25, 0.3) is 17.7 Å². The largest absolute Gasteiger partial charge is 0.416 e. The molecule has 21 nitrogen and oxygen atoms in total. The summed E-state index contributed by atoms with van der Waals surface area (Å²) >= 11 is 0. The van der Waals surface area contributed by atoms with Crippen LogP contribution in [0.2, 0.25) is 0 Å². The van der Waals surface area contributed by atoms with Gasteiger partial charge in [-0.1, -0.05) is 97.0 Å². The average molecular weight is 1680 g/mol. The summed E-state index contributed by atoms with van der Waals surface area (Å²) in [5.41, 5.74) is 20.2. The number of carbonyl (C=O) groups excluding carboxylic acids is 3. The van der Waals surface area contributed by atoms with E-state index in [1.54, 1.807) is 106 Å². The first-order chi connectivity index (χ1) is 58.7. The van der Waals surface area contributed by atoms with Gasteiger partial charge in [-0.05, 0) is 180 Å². The van der Waals surface area contributed by atoms with Crippen LogP contribution in [0.3, 0.4) is 0 Å². The molecule has 0 unspecified atom stereocenters. The van der Waals surface area contributed by atoms with E-state index in [0.717, 1.165) is 108 Å². The standard InChI is InChI=1S/C32H33F3N6O.C31H32F3N7O.C30H22F3N5O/c1-20-4-5-23(14-22(20)6-7-24-16-38-30(36)29-27(24)10-12-37-29)31(42)39-26-9-8-25(28(15-26)32(33,34)35)19-41-13-11-21(18-41)17-40(2)3;1-4-40-11-13-41(14-12-40)18-24-9-10-25(16-26(24)31(32,33)34)39-30(42)22-6-5-20(2)21(15-22)7-8-23-17-36-29(35-3)28-27(23)37-19-38-28;1-18-7-10-24(12-20(18)8-9-21-15-35-28(34)27-6-4-3-5-26(21)27)37-29(39)22-11-23(30(31,32)33)14-25(13-22)38-16-19(2)36-17-38/h4-5,8-10,12,14-16,21,37H,11,13,17-19H2,1-3H3,(H2,36,38)(H,39,42);5-6,9-10,15-17,19H,4,11-14,18H2,1-3H3,(H,35,36)(H,37,38)(H,39,42);3-7,10-17H,1-2H3,(H2,34,35)(H,37,39)/t21-;;/m0../s1. The van der Waals surface area contributed by atoms with Gasteiger partial charge in [0.1, 0.15) is 22.7 Å². The van der Waals surface area contributed by atoms with Gasteiger partial charge in [0, 0.05) is 163 Å². The summed E-state index contributed by atoms with van der Waals surface area (Å²) < 4.78 is 127. The first kappa shape index (κ1) is 87.0. The number of likely N-dealkylation sites (tertiary alicyclic amines) is 1. The number of aromatic amines is 2. The maximum Gasteiger partial charge on any atom is 0.416 e. The van der Waals surface area contributed by atoms with Gasteiger partial charge >= 0.3 is 18.5 Å². The van der Waals surface area contributed by atoms with Crippen LogP contribution >= 0.6 is 0 Å². The van der Waals surface area contributed by atoms with Crippen molar-refractivity contribution in [3.63, 3.8) is 0 Å². The van der Waals surface area contributed by atoms with Crippen molar-refractivity contribution in [1.29, 1.82) is 0 Å². The molecule has 630 valence electrons. The molecule has 2 aliphatic heterocycles. The first-order valence-electron chi connectivity index (χ1n) is 39.3. The molecule has 7 aromatic carbocycles. The highest BCUT2D eigenvalue weighted by Crippen LogP contribution is 2.39. The number of aromatic nitrogens is 8. The maximum atomic E-state index is 14.1. The summed E-state index contributed by atoms with van der Waals surface area (Å²) in [6.45, 7) is 16.3. The second kappa shape index (κ2) is 37.4. The van der Waals surface area contributed by atoms with Gasteiger partial charge in [0.05, 0.1) is 57.2 Å². The molecule has 123 heavy (non-hydrogen) atoms. The van der Waals surface area contributed by atoms with Crippen molar-refractivity contribution in [3.05, 3.63) is 283 Å². The molecule has 3 amide bonds. The number of fused-ring (bicyclic) bond motifs is 3.